The molecule has 1 aromatic rings. The first-order valence-corrected chi connectivity index (χ1v) is 11.6. The molecule has 0 aliphatic carbocycles. The minimum Gasteiger partial charge on any atom is -0.494 e. The molecule has 190 valence electrons. The summed E-state index contributed by atoms with van der Waals surface area (Å²) in [6.45, 7) is 9.36. The van der Waals surface area contributed by atoms with Gasteiger partial charge in [0.1, 0.15) is 5.75 Å². The van der Waals surface area contributed by atoms with E-state index in [0.29, 0.717) is 98.0 Å². The van der Waals surface area contributed by atoms with E-state index in [4.69, 9.17) is 38.9 Å². The number of benzene rings is 1. The average Bonchev–Trinajstić information content (AvgIpc) is 2.82. The predicted octanol–water partition coefficient (Wildman–Crippen LogP) is 2.11. The molecule has 0 aromatic heterocycles. The molecule has 0 atom stereocenters. The highest BCUT2D eigenvalue weighted by Gasteiger charge is 2.00. The summed E-state index contributed by atoms with van der Waals surface area (Å²) < 4.78 is 38.1. The summed E-state index contributed by atoms with van der Waals surface area (Å²) in [7, 11) is 0. The standard InChI is InChI=1S/C24H41NO8/c1-22(26)23-4-6-24(7-5-23)33-10-3-2-9-27-12-14-29-16-18-31-20-21-32-19-17-30-15-13-28-11-8-25/h4-7H,2-3,8-21,25H2,1H3. The third-order valence-electron chi connectivity index (χ3n) is 4.33. The molecule has 1 aromatic carbocycles. The molecule has 2 N–H and O–H groups in total. The van der Waals surface area contributed by atoms with Crippen molar-refractivity contribution in [1.29, 1.82) is 0 Å². The van der Waals surface area contributed by atoms with E-state index in [1.54, 1.807) is 19.1 Å². The van der Waals surface area contributed by atoms with Crippen molar-refractivity contribution in [3.05, 3.63) is 29.8 Å². The Kier molecular flexibility index (Phi) is 19.8. The second kappa shape index (κ2) is 22.2. The van der Waals surface area contributed by atoms with Crippen molar-refractivity contribution in [2.24, 2.45) is 5.73 Å². The second-order valence-corrected chi connectivity index (χ2v) is 7.10. The van der Waals surface area contributed by atoms with Crippen molar-refractivity contribution in [2.75, 3.05) is 92.4 Å². The Morgan fingerprint density at radius 3 is 1.42 bits per heavy atom. The number of unbranched alkanes of at least 4 members (excludes halogenated alkanes) is 1. The Bertz CT molecular complexity index is 570. The molecule has 0 aliphatic heterocycles. The van der Waals surface area contributed by atoms with E-state index in [9.17, 15) is 4.79 Å². The van der Waals surface area contributed by atoms with Crippen LogP contribution in [-0.2, 0) is 28.4 Å². The monoisotopic (exact) mass is 471 g/mol. The Hall–Kier alpha value is -1.59. The molecular weight excluding hydrogens is 430 g/mol. The van der Waals surface area contributed by atoms with Gasteiger partial charge in [-0.3, -0.25) is 4.79 Å². The Labute approximate surface area is 197 Å². The van der Waals surface area contributed by atoms with Crippen LogP contribution in [-0.4, -0.2) is 98.2 Å². The highest BCUT2D eigenvalue weighted by molar-refractivity contribution is 5.94. The fraction of sp³-hybridized carbons (Fsp3) is 0.708. The summed E-state index contributed by atoms with van der Waals surface area (Å²) in [5.74, 6) is 0.830. The highest BCUT2D eigenvalue weighted by atomic mass is 16.6. The zero-order valence-electron chi connectivity index (χ0n) is 20.0. The van der Waals surface area contributed by atoms with Crippen molar-refractivity contribution >= 4 is 5.78 Å². The summed E-state index contributed by atoms with van der Waals surface area (Å²) in [6, 6.07) is 7.20. The SMILES string of the molecule is CC(=O)c1ccc(OCCCCOCCOCCOCCOCCOCCOCCN)cc1. The van der Waals surface area contributed by atoms with Crippen LogP contribution in [0.4, 0.5) is 0 Å². The molecule has 0 fully saturated rings. The van der Waals surface area contributed by atoms with Gasteiger partial charge in [0.05, 0.1) is 79.3 Å². The summed E-state index contributed by atoms with van der Waals surface area (Å²) in [5, 5.41) is 0. The highest BCUT2D eigenvalue weighted by Crippen LogP contribution is 2.13. The van der Waals surface area contributed by atoms with Gasteiger partial charge in [0.25, 0.3) is 0 Å². The van der Waals surface area contributed by atoms with E-state index >= 15 is 0 Å². The van der Waals surface area contributed by atoms with Gasteiger partial charge in [-0.15, -0.1) is 0 Å². The Balaban J connectivity index is 1.72. The Morgan fingerprint density at radius 1 is 0.606 bits per heavy atom. The number of Topliss-reactive ketones (excluding diaryl/α,β-unsaturated/α-hetero) is 1. The van der Waals surface area contributed by atoms with Crippen LogP contribution in [0.1, 0.15) is 30.1 Å². The molecule has 1 rings (SSSR count). The van der Waals surface area contributed by atoms with Crippen molar-refractivity contribution in [3.63, 3.8) is 0 Å². The molecule has 0 spiro atoms. The molecule has 0 saturated heterocycles. The molecule has 0 unspecified atom stereocenters. The number of hydrogen-bond donors (Lipinski definition) is 1. The Morgan fingerprint density at radius 2 is 1.00 bits per heavy atom. The minimum atomic E-state index is 0.0549. The average molecular weight is 472 g/mol. The fourth-order valence-corrected chi connectivity index (χ4v) is 2.57. The van der Waals surface area contributed by atoms with Gasteiger partial charge in [-0.25, -0.2) is 0 Å². The predicted molar refractivity (Wildman–Crippen MR) is 125 cm³/mol. The van der Waals surface area contributed by atoms with Crippen LogP contribution in [0, 0.1) is 0 Å². The van der Waals surface area contributed by atoms with Gasteiger partial charge < -0.3 is 38.9 Å². The summed E-state index contributed by atoms with van der Waals surface area (Å²) in [4.78, 5) is 11.2. The van der Waals surface area contributed by atoms with E-state index in [-0.39, 0.29) is 5.78 Å². The molecule has 0 saturated carbocycles. The molecule has 0 radical (unpaired) electrons. The normalized spacial score (nSPS) is 11.1. The first-order chi connectivity index (χ1) is 16.2. The van der Waals surface area contributed by atoms with Crippen LogP contribution in [0.5, 0.6) is 5.75 Å². The van der Waals surface area contributed by atoms with Crippen LogP contribution >= 0.6 is 0 Å². The summed E-state index contributed by atoms with van der Waals surface area (Å²) >= 11 is 0. The van der Waals surface area contributed by atoms with E-state index in [0.717, 1.165) is 18.6 Å². The number of carbonyl (C=O) groups is 1. The van der Waals surface area contributed by atoms with E-state index in [1.165, 1.54) is 0 Å². The van der Waals surface area contributed by atoms with E-state index < -0.39 is 0 Å². The fourth-order valence-electron chi connectivity index (χ4n) is 2.57. The lowest BCUT2D eigenvalue weighted by atomic mass is 10.1. The van der Waals surface area contributed by atoms with Gasteiger partial charge in [0.15, 0.2) is 5.78 Å². The van der Waals surface area contributed by atoms with Crippen LogP contribution in [0.25, 0.3) is 0 Å². The first-order valence-electron chi connectivity index (χ1n) is 11.6. The molecule has 0 aliphatic rings. The maximum absolute atomic E-state index is 11.2. The number of ether oxygens (including phenoxy) is 7. The number of hydrogen-bond acceptors (Lipinski definition) is 9. The van der Waals surface area contributed by atoms with Gasteiger partial charge >= 0.3 is 0 Å². The number of carbonyl (C=O) groups excluding carboxylic acids is 1. The van der Waals surface area contributed by atoms with Gasteiger partial charge in [-0.05, 0) is 44.0 Å². The maximum Gasteiger partial charge on any atom is 0.159 e. The maximum atomic E-state index is 11.2. The first kappa shape index (κ1) is 29.4. The largest absolute Gasteiger partial charge is 0.494 e. The number of rotatable bonds is 24. The lowest BCUT2D eigenvalue weighted by Gasteiger charge is -2.08. The smallest absolute Gasteiger partial charge is 0.159 e. The van der Waals surface area contributed by atoms with Crippen LogP contribution < -0.4 is 10.5 Å². The third-order valence-corrected chi connectivity index (χ3v) is 4.33. The van der Waals surface area contributed by atoms with Gasteiger partial charge in [0, 0.05) is 18.7 Å². The zero-order chi connectivity index (χ0) is 23.8. The lowest BCUT2D eigenvalue weighted by Crippen LogP contribution is -2.15. The van der Waals surface area contributed by atoms with Gasteiger partial charge in [-0.2, -0.15) is 0 Å². The van der Waals surface area contributed by atoms with E-state index in [1.807, 2.05) is 12.1 Å². The van der Waals surface area contributed by atoms with Crippen LogP contribution in [0.3, 0.4) is 0 Å². The topological polar surface area (TPSA) is 108 Å². The summed E-state index contributed by atoms with van der Waals surface area (Å²) in [5.41, 5.74) is 6.01. The molecule has 0 amide bonds. The van der Waals surface area contributed by atoms with Crippen molar-refractivity contribution < 1.29 is 38.0 Å². The molecule has 0 heterocycles. The molecular formula is C24H41NO8. The zero-order valence-corrected chi connectivity index (χ0v) is 20.0. The van der Waals surface area contributed by atoms with E-state index in [2.05, 4.69) is 0 Å². The molecule has 33 heavy (non-hydrogen) atoms. The van der Waals surface area contributed by atoms with Crippen LogP contribution in [0.15, 0.2) is 24.3 Å². The van der Waals surface area contributed by atoms with Crippen LogP contribution in [0.2, 0.25) is 0 Å². The van der Waals surface area contributed by atoms with Gasteiger partial charge in [-0.1, -0.05) is 0 Å². The number of nitrogens with two attached hydrogens (primary N) is 1. The number of ketones is 1. The molecule has 0 bridgehead atoms. The van der Waals surface area contributed by atoms with Crippen molar-refractivity contribution in [3.8, 4) is 5.75 Å². The lowest BCUT2D eigenvalue weighted by molar-refractivity contribution is -0.0165. The third kappa shape index (κ3) is 18.5. The molecule has 9 nitrogen and oxygen atoms in total. The second-order valence-electron chi connectivity index (χ2n) is 7.10. The van der Waals surface area contributed by atoms with Gasteiger partial charge in [0.2, 0.25) is 0 Å². The molecule has 9 heteroatoms. The van der Waals surface area contributed by atoms with Crippen molar-refractivity contribution in [1.82, 2.24) is 0 Å². The summed E-state index contributed by atoms with van der Waals surface area (Å²) in [6.07, 6.45) is 1.82. The quantitative estimate of drug-likeness (QED) is 0.179. The minimum absolute atomic E-state index is 0.0549. The van der Waals surface area contributed by atoms with Crippen molar-refractivity contribution in [2.45, 2.75) is 19.8 Å².